The molecule has 0 atom stereocenters. The minimum Gasteiger partial charge on any atom is -0.396 e. The third-order valence-corrected chi connectivity index (χ3v) is 3.53. The molecule has 18 heavy (non-hydrogen) atoms. The van der Waals surface area contributed by atoms with Gasteiger partial charge >= 0.3 is 0 Å². The molecule has 0 aliphatic heterocycles. The van der Waals surface area contributed by atoms with Gasteiger partial charge in [0.15, 0.2) is 0 Å². The van der Waals surface area contributed by atoms with Gasteiger partial charge in [0.05, 0.1) is 0 Å². The predicted octanol–water partition coefficient (Wildman–Crippen LogP) is 5.63. The van der Waals surface area contributed by atoms with Crippen LogP contribution in [0.1, 0.15) is 90.9 Å². The van der Waals surface area contributed by atoms with E-state index in [0.717, 1.165) is 12.8 Å². The molecule has 0 radical (unpaired) electrons. The number of aliphatic hydroxyl groups excluding tert-OH is 1. The lowest BCUT2D eigenvalue weighted by molar-refractivity contribution is 0.288. The van der Waals surface area contributed by atoms with E-state index >= 15 is 0 Å². The molecule has 108 valence electrons. The van der Waals surface area contributed by atoms with E-state index in [9.17, 15) is 0 Å². The van der Waals surface area contributed by atoms with Crippen LogP contribution in [0.5, 0.6) is 0 Å². The Bertz CT molecular complexity index is 184. The summed E-state index contributed by atoms with van der Waals surface area (Å²) in [5.74, 6) is 0. The number of allylic oxidation sites excluding steroid dienone is 2. The molecule has 0 aliphatic rings. The summed E-state index contributed by atoms with van der Waals surface area (Å²) in [7, 11) is 0. The zero-order valence-corrected chi connectivity index (χ0v) is 12.7. The fraction of sp³-hybridized carbons (Fsp3) is 0.882. The van der Waals surface area contributed by atoms with E-state index in [-0.39, 0.29) is 0 Å². The maximum atomic E-state index is 8.73. The van der Waals surface area contributed by atoms with Crippen molar-refractivity contribution in [3.63, 3.8) is 0 Å². The summed E-state index contributed by atoms with van der Waals surface area (Å²) < 4.78 is 0. The van der Waals surface area contributed by atoms with Crippen molar-refractivity contribution in [3.05, 3.63) is 11.6 Å². The molecule has 0 unspecified atom stereocenters. The molecule has 0 saturated heterocycles. The second kappa shape index (κ2) is 14.8. The minimum atomic E-state index is 0.323. The Kier molecular flexibility index (Phi) is 14.5. The first-order valence-electron chi connectivity index (χ1n) is 8.07. The molecule has 0 fully saturated rings. The fourth-order valence-corrected chi connectivity index (χ4v) is 2.26. The molecule has 1 nitrogen and oxygen atoms in total. The normalized spacial score (nSPS) is 12.1. The minimum absolute atomic E-state index is 0.323. The summed E-state index contributed by atoms with van der Waals surface area (Å²) >= 11 is 0. The zero-order valence-electron chi connectivity index (χ0n) is 12.7. The first kappa shape index (κ1) is 17.7. The maximum absolute atomic E-state index is 8.73. The van der Waals surface area contributed by atoms with Gasteiger partial charge in [0.1, 0.15) is 0 Å². The van der Waals surface area contributed by atoms with E-state index in [4.69, 9.17) is 5.11 Å². The molecule has 0 spiro atoms. The van der Waals surface area contributed by atoms with Gasteiger partial charge in [-0.1, -0.05) is 69.9 Å². The monoisotopic (exact) mass is 254 g/mol. The molecule has 0 rings (SSSR count). The van der Waals surface area contributed by atoms with Crippen molar-refractivity contribution < 1.29 is 5.11 Å². The zero-order chi connectivity index (χ0) is 13.5. The molecule has 1 N–H and O–H groups in total. The third kappa shape index (κ3) is 13.8. The second-order valence-corrected chi connectivity index (χ2v) is 5.49. The van der Waals surface area contributed by atoms with E-state index < -0.39 is 0 Å². The van der Waals surface area contributed by atoms with Gasteiger partial charge in [0.2, 0.25) is 0 Å². The van der Waals surface area contributed by atoms with Crippen LogP contribution >= 0.6 is 0 Å². The summed E-state index contributed by atoms with van der Waals surface area (Å²) in [5, 5.41) is 8.73. The molecule has 0 bridgehead atoms. The fourth-order valence-electron chi connectivity index (χ4n) is 2.26. The van der Waals surface area contributed by atoms with Crippen LogP contribution in [-0.4, -0.2) is 11.7 Å². The first-order valence-corrected chi connectivity index (χ1v) is 8.07. The lowest BCUT2D eigenvalue weighted by atomic mass is 10.1. The Balaban J connectivity index is 3.15. The summed E-state index contributed by atoms with van der Waals surface area (Å²) in [4.78, 5) is 0. The number of aliphatic hydroxyl groups is 1. The van der Waals surface area contributed by atoms with Gasteiger partial charge in [0, 0.05) is 6.61 Å². The topological polar surface area (TPSA) is 20.2 Å². The van der Waals surface area contributed by atoms with Crippen molar-refractivity contribution in [1.82, 2.24) is 0 Å². The Morgan fingerprint density at radius 3 is 1.94 bits per heavy atom. The van der Waals surface area contributed by atoms with Gasteiger partial charge in [-0.25, -0.2) is 0 Å². The van der Waals surface area contributed by atoms with Crippen molar-refractivity contribution in [2.24, 2.45) is 0 Å². The van der Waals surface area contributed by atoms with Crippen molar-refractivity contribution in [1.29, 1.82) is 0 Å². The molecular formula is C17H34O. The highest BCUT2D eigenvalue weighted by Crippen LogP contribution is 2.12. The number of rotatable bonds is 13. The highest BCUT2D eigenvalue weighted by molar-refractivity contribution is 4.97. The van der Waals surface area contributed by atoms with Gasteiger partial charge in [0.25, 0.3) is 0 Å². The van der Waals surface area contributed by atoms with Crippen molar-refractivity contribution in [3.8, 4) is 0 Å². The van der Waals surface area contributed by atoms with Gasteiger partial charge in [-0.05, 0) is 32.6 Å². The smallest absolute Gasteiger partial charge is 0.0434 e. The average Bonchev–Trinajstić information content (AvgIpc) is 2.38. The summed E-state index contributed by atoms with van der Waals surface area (Å²) in [6, 6.07) is 0. The summed E-state index contributed by atoms with van der Waals surface area (Å²) in [6.45, 7) is 4.78. The Labute approximate surface area is 115 Å². The highest BCUT2D eigenvalue weighted by atomic mass is 16.2. The lowest BCUT2D eigenvalue weighted by Crippen LogP contribution is -1.85. The standard InChI is InChI=1S/C17H34O/c1-3-4-5-6-7-8-9-10-11-12-14-17(2)15-13-16-18/h14,18H,3-13,15-16H2,1-2H3/b17-14+. The van der Waals surface area contributed by atoms with Crippen LogP contribution in [0, 0.1) is 0 Å². The lowest BCUT2D eigenvalue weighted by Gasteiger charge is -2.02. The highest BCUT2D eigenvalue weighted by Gasteiger charge is 1.92. The van der Waals surface area contributed by atoms with Crippen molar-refractivity contribution in [2.45, 2.75) is 90.9 Å². The molecule has 0 heterocycles. The van der Waals surface area contributed by atoms with Gasteiger partial charge in [-0.3, -0.25) is 0 Å². The van der Waals surface area contributed by atoms with Crippen LogP contribution < -0.4 is 0 Å². The summed E-state index contributed by atoms with van der Waals surface area (Å²) in [6.07, 6.45) is 18.2. The Morgan fingerprint density at radius 2 is 1.39 bits per heavy atom. The first-order chi connectivity index (χ1) is 8.81. The van der Waals surface area contributed by atoms with Gasteiger partial charge in [-0.15, -0.1) is 0 Å². The number of hydrogen-bond donors (Lipinski definition) is 1. The molecule has 0 amide bonds. The third-order valence-electron chi connectivity index (χ3n) is 3.53. The van der Waals surface area contributed by atoms with Gasteiger partial charge in [-0.2, -0.15) is 0 Å². The SMILES string of the molecule is CCCCCCCCCCC/C=C(\C)CCCO. The van der Waals surface area contributed by atoms with E-state index in [1.54, 1.807) is 0 Å². The molecule has 0 aromatic carbocycles. The number of hydrogen-bond acceptors (Lipinski definition) is 1. The largest absolute Gasteiger partial charge is 0.396 e. The molecule has 0 aromatic heterocycles. The van der Waals surface area contributed by atoms with Crippen molar-refractivity contribution in [2.75, 3.05) is 6.61 Å². The van der Waals surface area contributed by atoms with E-state index in [2.05, 4.69) is 19.9 Å². The number of unbranched alkanes of at least 4 members (excludes halogenated alkanes) is 9. The molecule has 0 saturated carbocycles. The average molecular weight is 254 g/mol. The second-order valence-electron chi connectivity index (χ2n) is 5.49. The van der Waals surface area contributed by atoms with E-state index in [0.29, 0.717) is 6.61 Å². The van der Waals surface area contributed by atoms with E-state index in [1.165, 1.54) is 69.8 Å². The van der Waals surface area contributed by atoms with Crippen LogP contribution in [-0.2, 0) is 0 Å². The van der Waals surface area contributed by atoms with Crippen molar-refractivity contribution >= 4 is 0 Å². The molecule has 0 aliphatic carbocycles. The Hall–Kier alpha value is -0.300. The molecule has 0 aromatic rings. The summed E-state index contributed by atoms with van der Waals surface area (Å²) in [5.41, 5.74) is 1.45. The van der Waals surface area contributed by atoms with E-state index in [1.807, 2.05) is 0 Å². The molecule has 1 heteroatoms. The van der Waals surface area contributed by atoms with Crippen LogP contribution in [0.25, 0.3) is 0 Å². The Morgan fingerprint density at radius 1 is 0.833 bits per heavy atom. The quantitative estimate of drug-likeness (QED) is 0.334. The van der Waals surface area contributed by atoms with Crippen LogP contribution in [0.3, 0.4) is 0 Å². The molecular weight excluding hydrogens is 220 g/mol. The predicted molar refractivity (Wildman–Crippen MR) is 81.9 cm³/mol. The van der Waals surface area contributed by atoms with Crippen LogP contribution in [0.4, 0.5) is 0 Å². The van der Waals surface area contributed by atoms with Gasteiger partial charge < -0.3 is 5.11 Å². The maximum Gasteiger partial charge on any atom is 0.0434 e. The van der Waals surface area contributed by atoms with Crippen LogP contribution in [0.2, 0.25) is 0 Å². The van der Waals surface area contributed by atoms with Crippen LogP contribution in [0.15, 0.2) is 11.6 Å².